The summed E-state index contributed by atoms with van der Waals surface area (Å²) in [6, 6.07) is 0.374. The van der Waals surface area contributed by atoms with E-state index in [-0.39, 0.29) is 0 Å². The van der Waals surface area contributed by atoms with Crippen molar-refractivity contribution in [2.24, 2.45) is 0 Å². The van der Waals surface area contributed by atoms with Crippen LogP contribution >= 0.6 is 0 Å². The molecule has 3 fully saturated rings. The Balaban J connectivity index is 1.90. The quantitative estimate of drug-likeness (QED) is 0.896. The SMILES string of the molecule is CCCNc1nc(C2CN3CCN2CC3)nc(C)c1CC. The minimum atomic E-state index is 0.374. The second kappa shape index (κ2) is 6.28. The molecule has 0 amide bonds. The molecule has 21 heavy (non-hydrogen) atoms. The van der Waals surface area contributed by atoms with Crippen LogP contribution in [0.15, 0.2) is 0 Å². The number of hydrogen-bond acceptors (Lipinski definition) is 5. The first-order valence-corrected chi connectivity index (χ1v) is 8.30. The molecule has 1 atom stereocenters. The van der Waals surface area contributed by atoms with Crippen molar-refractivity contribution in [3.05, 3.63) is 17.1 Å². The van der Waals surface area contributed by atoms with E-state index in [1.54, 1.807) is 0 Å². The maximum Gasteiger partial charge on any atom is 0.149 e. The summed E-state index contributed by atoms with van der Waals surface area (Å²) in [5.74, 6) is 2.06. The van der Waals surface area contributed by atoms with E-state index in [4.69, 9.17) is 9.97 Å². The van der Waals surface area contributed by atoms with Gasteiger partial charge in [-0.25, -0.2) is 9.97 Å². The standard InChI is InChI=1S/C16H27N5/c1-4-6-17-15-13(5-2)12(3)18-16(19-15)14-11-20-7-9-21(14)10-8-20/h14H,4-11H2,1-3H3,(H,17,18,19). The van der Waals surface area contributed by atoms with Crippen molar-refractivity contribution in [1.29, 1.82) is 0 Å². The molecule has 5 heteroatoms. The highest BCUT2D eigenvalue weighted by Gasteiger charge is 2.34. The van der Waals surface area contributed by atoms with Gasteiger partial charge in [-0.15, -0.1) is 0 Å². The third-order valence-corrected chi connectivity index (χ3v) is 4.70. The molecule has 0 radical (unpaired) electrons. The molecular weight excluding hydrogens is 262 g/mol. The van der Waals surface area contributed by atoms with Crippen molar-refractivity contribution in [2.75, 3.05) is 44.6 Å². The van der Waals surface area contributed by atoms with Crippen LogP contribution in [-0.2, 0) is 6.42 Å². The van der Waals surface area contributed by atoms with Crippen LogP contribution in [-0.4, -0.2) is 59.0 Å². The summed E-state index contributed by atoms with van der Waals surface area (Å²) in [5, 5.41) is 3.50. The van der Waals surface area contributed by atoms with Gasteiger partial charge < -0.3 is 5.32 Å². The Labute approximate surface area is 127 Å². The van der Waals surface area contributed by atoms with Gasteiger partial charge >= 0.3 is 0 Å². The fourth-order valence-electron chi connectivity index (χ4n) is 3.44. The van der Waals surface area contributed by atoms with Crippen LogP contribution in [0.25, 0.3) is 0 Å². The lowest BCUT2D eigenvalue weighted by atomic mass is 10.1. The van der Waals surface area contributed by atoms with E-state index in [0.717, 1.165) is 56.4 Å². The zero-order valence-electron chi connectivity index (χ0n) is 13.5. The number of aryl methyl sites for hydroxylation is 1. The number of piperazine rings is 3. The van der Waals surface area contributed by atoms with Crippen molar-refractivity contribution in [3.63, 3.8) is 0 Å². The molecule has 1 aromatic heterocycles. The van der Waals surface area contributed by atoms with Gasteiger partial charge in [-0.05, 0) is 19.8 Å². The minimum Gasteiger partial charge on any atom is -0.370 e. The molecule has 5 nitrogen and oxygen atoms in total. The molecule has 0 spiro atoms. The van der Waals surface area contributed by atoms with Crippen molar-refractivity contribution < 1.29 is 0 Å². The Bertz CT molecular complexity index is 494. The molecule has 116 valence electrons. The highest BCUT2D eigenvalue weighted by Crippen LogP contribution is 2.28. The second-order valence-electron chi connectivity index (χ2n) is 6.13. The average Bonchev–Trinajstić information content (AvgIpc) is 2.53. The minimum absolute atomic E-state index is 0.374. The smallest absolute Gasteiger partial charge is 0.149 e. The molecule has 3 aliphatic rings. The van der Waals surface area contributed by atoms with E-state index in [2.05, 4.69) is 35.9 Å². The number of anilines is 1. The van der Waals surface area contributed by atoms with Crippen molar-refractivity contribution in [1.82, 2.24) is 19.8 Å². The molecule has 3 saturated heterocycles. The number of rotatable bonds is 5. The van der Waals surface area contributed by atoms with Gasteiger partial charge in [-0.3, -0.25) is 9.80 Å². The van der Waals surface area contributed by atoms with E-state index < -0.39 is 0 Å². The number of aromatic nitrogens is 2. The Hall–Kier alpha value is -1.20. The van der Waals surface area contributed by atoms with Gasteiger partial charge in [-0.2, -0.15) is 0 Å². The van der Waals surface area contributed by atoms with E-state index in [9.17, 15) is 0 Å². The molecular formula is C16H27N5. The van der Waals surface area contributed by atoms with Crippen LogP contribution in [0.2, 0.25) is 0 Å². The number of nitrogens with zero attached hydrogens (tertiary/aromatic N) is 4. The molecule has 3 aliphatic heterocycles. The van der Waals surface area contributed by atoms with E-state index in [0.29, 0.717) is 6.04 Å². The normalized spacial score (nSPS) is 27.9. The van der Waals surface area contributed by atoms with Gasteiger partial charge in [0, 0.05) is 50.5 Å². The average molecular weight is 289 g/mol. The predicted molar refractivity (Wildman–Crippen MR) is 85.7 cm³/mol. The van der Waals surface area contributed by atoms with Gasteiger partial charge in [0.2, 0.25) is 0 Å². The summed E-state index contributed by atoms with van der Waals surface area (Å²) >= 11 is 0. The molecule has 1 aromatic rings. The molecule has 1 unspecified atom stereocenters. The zero-order chi connectivity index (χ0) is 14.8. The van der Waals surface area contributed by atoms with Gasteiger partial charge in [0.05, 0.1) is 6.04 Å². The van der Waals surface area contributed by atoms with Crippen LogP contribution in [0.1, 0.15) is 43.4 Å². The van der Waals surface area contributed by atoms with Crippen LogP contribution < -0.4 is 5.32 Å². The Morgan fingerprint density at radius 1 is 1.14 bits per heavy atom. The number of fused-ring (bicyclic) bond motifs is 3. The lowest BCUT2D eigenvalue weighted by Crippen LogP contribution is -2.57. The largest absolute Gasteiger partial charge is 0.370 e. The third kappa shape index (κ3) is 2.90. The summed E-state index contributed by atoms with van der Waals surface area (Å²) in [4.78, 5) is 14.8. The Morgan fingerprint density at radius 2 is 1.90 bits per heavy atom. The molecule has 4 rings (SSSR count). The maximum atomic E-state index is 4.89. The fourth-order valence-corrected chi connectivity index (χ4v) is 3.44. The summed E-state index contributed by atoms with van der Waals surface area (Å²) in [5.41, 5.74) is 2.40. The Kier molecular flexibility index (Phi) is 4.40. The van der Waals surface area contributed by atoms with Crippen molar-refractivity contribution in [2.45, 2.75) is 39.7 Å². The van der Waals surface area contributed by atoms with Crippen LogP contribution in [0.5, 0.6) is 0 Å². The topological polar surface area (TPSA) is 44.3 Å². The lowest BCUT2D eigenvalue weighted by Gasteiger charge is -2.46. The van der Waals surface area contributed by atoms with E-state index in [1.807, 2.05) is 0 Å². The Morgan fingerprint density at radius 3 is 2.48 bits per heavy atom. The first kappa shape index (κ1) is 14.7. The molecule has 2 bridgehead atoms. The zero-order valence-corrected chi connectivity index (χ0v) is 13.5. The van der Waals surface area contributed by atoms with Crippen LogP contribution in [0.4, 0.5) is 5.82 Å². The molecule has 0 saturated carbocycles. The summed E-state index contributed by atoms with van der Waals surface area (Å²) in [6.45, 7) is 13.2. The summed E-state index contributed by atoms with van der Waals surface area (Å²) < 4.78 is 0. The highest BCUT2D eigenvalue weighted by atomic mass is 15.4. The molecule has 1 N–H and O–H groups in total. The summed E-state index contributed by atoms with van der Waals surface area (Å²) in [6.07, 6.45) is 2.10. The van der Waals surface area contributed by atoms with Gasteiger partial charge in [-0.1, -0.05) is 13.8 Å². The van der Waals surface area contributed by atoms with Gasteiger partial charge in [0.1, 0.15) is 11.6 Å². The van der Waals surface area contributed by atoms with E-state index >= 15 is 0 Å². The first-order valence-electron chi connectivity index (χ1n) is 8.30. The lowest BCUT2D eigenvalue weighted by molar-refractivity contribution is 0.00862. The molecule has 4 heterocycles. The molecule has 0 aliphatic carbocycles. The highest BCUT2D eigenvalue weighted by molar-refractivity contribution is 5.46. The van der Waals surface area contributed by atoms with Gasteiger partial charge in [0.15, 0.2) is 0 Å². The van der Waals surface area contributed by atoms with Crippen molar-refractivity contribution >= 4 is 5.82 Å². The van der Waals surface area contributed by atoms with E-state index in [1.165, 1.54) is 18.7 Å². The number of hydrogen-bond donors (Lipinski definition) is 1. The maximum absolute atomic E-state index is 4.89. The third-order valence-electron chi connectivity index (χ3n) is 4.70. The summed E-state index contributed by atoms with van der Waals surface area (Å²) in [7, 11) is 0. The van der Waals surface area contributed by atoms with Crippen LogP contribution in [0.3, 0.4) is 0 Å². The van der Waals surface area contributed by atoms with Crippen LogP contribution in [0, 0.1) is 6.92 Å². The fraction of sp³-hybridized carbons (Fsp3) is 0.750. The monoisotopic (exact) mass is 289 g/mol. The number of nitrogens with one attached hydrogen (secondary N) is 1. The second-order valence-corrected chi connectivity index (χ2v) is 6.13. The van der Waals surface area contributed by atoms with Crippen molar-refractivity contribution in [3.8, 4) is 0 Å². The molecule has 0 aromatic carbocycles. The predicted octanol–water partition coefficient (Wildman–Crippen LogP) is 1.84. The first-order chi connectivity index (χ1) is 10.2. The van der Waals surface area contributed by atoms with Gasteiger partial charge in [0.25, 0.3) is 0 Å².